The molecule has 1 aliphatic carbocycles. The van der Waals surface area contributed by atoms with Gasteiger partial charge >= 0.3 is 0 Å². The van der Waals surface area contributed by atoms with Crippen molar-refractivity contribution >= 4 is 10.8 Å². The topological polar surface area (TPSA) is 52.5 Å². The SMILES string of the molecule is O[C@H]1[C@@H]2NCc3ccc4ccccc4c3[C@@H]2CC[C@H]1O. The summed E-state index contributed by atoms with van der Waals surface area (Å²) in [5, 5.41) is 26.1. The highest BCUT2D eigenvalue weighted by Crippen LogP contribution is 2.41. The fourth-order valence-corrected chi connectivity index (χ4v) is 3.93. The van der Waals surface area contributed by atoms with Crippen molar-refractivity contribution in [3.8, 4) is 0 Å². The quantitative estimate of drug-likeness (QED) is 0.685. The molecule has 1 aliphatic heterocycles. The Bertz CT molecular complexity index is 654. The summed E-state index contributed by atoms with van der Waals surface area (Å²) < 4.78 is 0. The summed E-state index contributed by atoms with van der Waals surface area (Å²) in [6.07, 6.45) is 0.338. The number of aliphatic hydroxyl groups excluding tert-OH is 2. The number of benzene rings is 2. The van der Waals surface area contributed by atoms with E-state index in [-0.39, 0.29) is 6.04 Å². The van der Waals surface area contributed by atoms with E-state index in [0.29, 0.717) is 12.3 Å². The fraction of sp³-hybridized carbons (Fsp3) is 0.412. The Hall–Kier alpha value is -1.42. The minimum Gasteiger partial charge on any atom is -0.390 e. The normalized spacial score (nSPS) is 32.7. The lowest BCUT2D eigenvalue weighted by molar-refractivity contribution is -0.0393. The molecule has 0 bridgehead atoms. The van der Waals surface area contributed by atoms with Crippen LogP contribution in [0.15, 0.2) is 36.4 Å². The molecule has 0 spiro atoms. The molecule has 0 unspecified atom stereocenters. The van der Waals surface area contributed by atoms with E-state index in [0.717, 1.165) is 13.0 Å². The van der Waals surface area contributed by atoms with Crippen LogP contribution < -0.4 is 5.32 Å². The van der Waals surface area contributed by atoms with Gasteiger partial charge in [-0.25, -0.2) is 0 Å². The van der Waals surface area contributed by atoms with Crippen LogP contribution in [0, 0.1) is 0 Å². The zero-order valence-corrected chi connectivity index (χ0v) is 11.3. The number of nitrogens with one attached hydrogen (secondary N) is 1. The Labute approximate surface area is 118 Å². The maximum Gasteiger partial charge on any atom is 0.0957 e. The van der Waals surface area contributed by atoms with Crippen LogP contribution in [-0.2, 0) is 6.54 Å². The van der Waals surface area contributed by atoms with E-state index in [1.807, 2.05) is 0 Å². The Morgan fingerprint density at radius 1 is 1.00 bits per heavy atom. The van der Waals surface area contributed by atoms with Crippen molar-refractivity contribution in [2.24, 2.45) is 0 Å². The van der Waals surface area contributed by atoms with E-state index in [1.165, 1.54) is 21.9 Å². The molecule has 4 atom stereocenters. The summed E-state index contributed by atoms with van der Waals surface area (Å²) in [7, 11) is 0. The molecule has 0 amide bonds. The maximum atomic E-state index is 10.3. The summed E-state index contributed by atoms with van der Waals surface area (Å²) in [6.45, 7) is 0.769. The minimum atomic E-state index is -0.666. The average Bonchev–Trinajstić information content (AvgIpc) is 2.50. The predicted molar refractivity (Wildman–Crippen MR) is 78.6 cm³/mol. The van der Waals surface area contributed by atoms with Gasteiger partial charge < -0.3 is 15.5 Å². The van der Waals surface area contributed by atoms with Gasteiger partial charge in [0.05, 0.1) is 12.2 Å². The summed E-state index contributed by atoms with van der Waals surface area (Å²) in [5.74, 6) is 0.295. The molecule has 1 heterocycles. The van der Waals surface area contributed by atoms with Crippen molar-refractivity contribution in [2.45, 2.75) is 43.6 Å². The van der Waals surface area contributed by atoms with Crippen molar-refractivity contribution in [1.82, 2.24) is 5.32 Å². The molecule has 3 heteroatoms. The highest BCUT2D eigenvalue weighted by atomic mass is 16.3. The van der Waals surface area contributed by atoms with Crippen molar-refractivity contribution in [2.75, 3.05) is 0 Å². The minimum absolute atomic E-state index is 0.0305. The van der Waals surface area contributed by atoms with E-state index >= 15 is 0 Å². The van der Waals surface area contributed by atoms with Gasteiger partial charge in [-0.3, -0.25) is 0 Å². The Morgan fingerprint density at radius 2 is 1.85 bits per heavy atom. The fourth-order valence-electron chi connectivity index (χ4n) is 3.93. The number of hydrogen-bond acceptors (Lipinski definition) is 3. The largest absolute Gasteiger partial charge is 0.390 e. The molecule has 2 aromatic carbocycles. The van der Waals surface area contributed by atoms with Crippen LogP contribution in [-0.4, -0.2) is 28.5 Å². The van der Waals surface area contributed by atoms with Crippen LogP contribution in [0.2, 0.25) is 0 Å². The Kier molecular flexibility index (Phi) is 2.81. The lowest BCUT2D eigenvalue weighted by atomic mass is 9.72. The molecule has 20 heavy (non-hydrogen) atoms. The van der Waals surface area contributed by atoms with Gasteiger partial charge in [0.25, 0.3) is 0 Å². The van der Waals surface area contributed by atoms with Gasteiger partial charge in [-0.2, -0.15) is 0 Å². The van der Waals surface area contributed by atoms with Gasteiger partial charge in [0.1, 0.15) is 0 Å². The maximum absolute atomic E-state index is 10.3. The highest BCUT2D eigenvalue weighted by molar-refractivity contribution is 5.87. The second kappa shape index (κ2) is 4.55. The standard InChI is InChI=1S/C17H19NO2/c19-14-8-7-13-15-11(9-18-16(13)17(14)20)6-5-10-3-1-2-4-12(10)15/h1-6,13-14,16-20H,7-9H2/t13-,14+,16+,17+/m0/s1. The first-order valence-corrected chi connectivity index (χ1v) is 7.36. The van der Waals surface area contributed by atoms with Crippen LogP contribution in [0.25, 0.3) is 10.8 Å². The molecule has 104 valence electrons. The third-order valence-corrected chi connectivity index (χ3v) is 4.93. The summed E-state index contributed by atoms with van der Waals surface area (Å²) in [4.78, 5) is 0. The molecule has 3 N–H and O–H groups in total. The molecule has 0 radical (unpaired) electrons. The first-order valence-electron chi connectivity index (χ1n) is 7.36. The van der Waals surface area contributed by atoms with Gasteiger partial charge in [-0.05, 0) is 34.7 Å². The molecule has 2 aromatic rings. The van der Waals surface area contributed by atoms with Crippen LogP contribution in [0.5, 0.6) is 0 Å². The van der Waals surface area contributed by atoms with E-state index in [9.17, 15) is 10.2 Å². The number of rotatable bonds is 0. The first kappa shape index (κ1) is 12.3. The highest BCUT2D eigenvalue weighted by Gasteiger charge is 2.41. The van der Waals surface area contributed by atoms with Gasteiger partial charge in [0.15, 0.2) is 0 Å². The van der Waals surface area contributed by atoms with E-state index in [2.05, 4.69) is 41.7 Å². The van der Waals surface area contributed by atoms with Gasteiger partial charge in [0, 0.05) is 18.5 Å². The van der Waals surface area contributed by atoms with Crippen LogP contribution in [0.3, 0.4) is 0 Å². The monoisotopic (exact) mass is 269 g/mol. The second-order valence-electron chi connectivity index (χ2n) is 6.01. The zero-order chi connectivity index (χ0) is 13.7. The Morgan fingerprint density at radius 3 is 2.75 bits per heavy atom. The number of fused-ring (bicyclic) bond motifs is 5. The van der Waals surface area contributed by atoms with E-state index in [1.54, 1.807) is 0 Å². The van der Waals surface area contributed by atoms with Crippen LogP contribution in [0.1, 0.15) is 29.9 Å². The van der Waals surface area contributed by atoms with E-state index in [4.69, 9.17) is 0 Å². The average molecular weight is 269 g/mol. The molecule has 1 saturated carbocycles. The van der Waals surface area contributed by atoms with Crippen molar-refractivity contribution in [3.05, 3.63) is 47.5 Å². The van der Waals surface area contributed by atoms with E-state index < -0.39 is 12.2 Å². The smallest absolute Gasteiger partial charge is 0.0957 e. The molecule has 1 fully saturated rings. The summed E-state index contributed by atoms with van der Waals surface area (Å²) >= 11 is 0. The molecule has 0 aromatic heterocycles. The van der Waals surface area contributed by atoms with Crippen molar-refractivity contribution in [3.63, 3.8) is 0 Å². The van der Waals surface area contributed by atoms with Crippen molar-refractivity contribution < 1.29 is 10.2 Å². The molecular weight excluding hydrogens is 250 g/mol. The van der Waals surface area contributed by atoms with Crippen LogP contribution >= 0.6 is 0 Å². The second-order valence-corrected chi connectivity index (χ2v) is 6.01. The third kappa shape index (κ3) is 1.71. The number of hydrogen-bond donors (Lipinski definition) is 3. The molecular formula is C17H19NO2. The predicted octanol–water partition coefficient (Wildman–Crippen LogP) is 1.91. The third-order valence-electron chi connectivity index (χ3n) is 4.93. The first-order chi connectivity index (χ1) is 9.75. The lowest BCUT2D eigenvalue weighted by Gasteiger charge is -2.43. The van der Waals surface area contributed by atoms with Gasteiger partial charge in [-0.1, -0.05) is 36.4 Å². The van der Waals surface area contributed by atoms with Gasteiger partial charge in [0.2, 0.25) is 0 Å². The molecule has 2 aliphatic rings. The Balaban J connectivity index is 1.89. The molecule has 0 saturated heterocycles. The van der Waals surface area contributed by atoms with Crippen molar-refractivity contribution in [1.29, 1.82) is 0 Å². The van der Waals surface area contributed by atoms with Crippen LogP contribution in [0.4, 0.5) is 0 Å². The molecule has 4 rings (SSSR count). The summed E-state index contributed by atoms with van der Waals surface area (Å²) in [5.41, 5.74) is 2.70. The summed E-state index contributed by atoms with van der Waals surface area (Å²) in [6, 6.07) is 12.8. The molecule has 3 nitrogen and oxygen atoms in total. The lowest BCUT2D eigenvalue weighted by Crippen LogP contribution is -2.54. The number of aliphatic hydroxyl groups is 2. The zero-order valence-electron chi connectivity index (χ0n) is 11.3. The van der Waals surface area contributed by atoms with Gasteiger partial charge in [-0.15, -0.1) is 0 Å².